The van der Waals surface area contributed by atoms with E-state index in [0.29, 0.717) is 0 Å². The van der Waals surface area contributed by atoms with Gasteiger partial charge < -0.3 is 5.11 Å². The topological polar surface area (TPSA) is 33.1 Å². The van der Waals surface area contributed by atoms with Crippen LogP contribution in [-0.4, -0.2) is 22.5 Å². The van der Waals surface area contributed by atoms with E-state index in [2.05, 4.69) is 29.2 Å². The molecule has 2 nitrogen and oxygen atoms in total. The fourth-order valence-electron chi connectivity index (χ4n) is 1.31. The van der Waals surface area contributed by atoms with Crippen LogP contribution in [0.2, 0.25) is 0 Å². The number of hydrogen-bond acceptors (Lipinski definition) is 4. The molecule has 1 N–H and O–H groups in total. The van der Waals surface area contributed by atoms with Crippen molar-refractivity contribution >= 4 is 23.1 Å². The lowest BCUT2D eigenvalue weighted by molar-refractivity contribution is 0.296. The van der Waals surface area contributed by atoms with E-state index in [0.717, 1.165) is 17.2 Å². The third-order valence-electron chi connectivity index (χ3n) is 2.10. The summed E-state index contributed by atoms with van der Waals surface area (Å²) in [7, 11) is 0. The molecule has 16 heavy (non-hydrogen) atoms. The van der Waals surface area contributed by atoms with E-state index in [1.54, 1.807) is 23.1 Å². The second kappa shape index (κ2) is 6.03. The van der Waals surface area contributed by atoms with Gasteiger partial charge in [-0.25, -0.2) is 4.98 Å². The number of benzene rings is 1. The summed E-state index contributed by atoms with van der Waals surface area (Å²) in [6.45, 7) is 0.268. The van der Waals surface area contributed by atoms with Gasteiger partial charge in [-0.2, -0.15) is 0 Å². The van der Waals surface area contributed by atoms with Gasteiger partial charge in [-0.1, -0.05) is 12.1 Å². The molecule has 0 saturated carbocycles. The van der Waals surface area contributed by atoms with Gasteiger partial charge in [0.1, 0.15) is 5.01 Å². The second-order valence-electron chi connectivity index (χ2n) is 3.29. The Morgan fingerprint density at radius 2 is 2.06 bits per heavy atom. The average Bonchev–Trinajstić information content (AvgIpc) is 2.84. The van der Waals surface area contributed by atoms with Crippen LogP contribution in [-0.2, 0) is 0 Å². The molecule has 0 amide bonds. The van der Waals surface area contributed by atoms with E-state index < -0.39 is 0 Å². The van der Waals surface area contributed by atoms with Crippen LogP contribution in [0.1, 0.15) is 6.42 Å². The van der Waals surface area contributed by atoms with Crippen LogP contribution >= 0.6 is 23.1 Å². The summed E-state index contributed by atoms with van der Waals surface area (Å²) in [6.07, 6.45) is 2.67. The van der Waals surface area contributed by atoms with Gasteiger partial charge in [0.25, 0.3) is 0 Å². The SMILES string of the molecule is OCCCSc1ccc(-c2nccs2)cc1. The molecule has 2 rings (SSSR count). The Kier molecular flexibility index (Phi) is 4.39. The van der Waals surface area contributed by atoms with Gasteiger partial charge in [0, 0.05) is 34.4 Å². The molecule has 0 radical (unpaired) electrons. The summed E-state index contributed by atoms with van der Waals surface area (Å²) in [4.78, 5) is 5.51. The van der Waals surface area contributed by atoms with Crippen molar-refractivity contribution in [1.29, 1.82) is 0 Å². The van der Waals surface area contributed by atoms with Crippen LogP contribution in [0.4, 0.5) is 0 Å². The molecule has 0 spiro atoms. The molecular formula is C12H13NOS2. The fourth-order valence-corrected chi connectivity index (χ4v) is 2.80. The minimum Gasteiger partial charge on any atom is -0.396 e. The first kappa shape index (κ1) is 11.6. The number of aliphatic hydroxyl groups is 1. The zero-order chi connectivity index (χ0) is 11.2. The van der Waals surface area contributed by atoms with E-state index in [1.807, 2.05) is 11.6 Å². The first-order valence-corrected chi connectivity index (χ1v) is 7.00. The van der Waals surface area contributed by atoms with Crippen molar-refractivity contribution in [3.05, 3.63) is 35.8 Å². The lowest BCUT2D eigenvalue weighted by Gasteiger charge is -2.01. The Morgan fingerprint density at radius 3 is 2.69 bits per heavy atom. The maximum Gasteiger partial charge on any atom is 0.123 e. The first-order valence-electron chi connectivity index (χ1n) is 5.14. The number of thioether (sulfide) groups is 1. The second-order valence-corrected chi connectivity index (χ2v) is 5.35. The summed E-state index contributed by atoms with van der Waals surface area (Å²) >= 11 is 3.43. The predicted octanol–water partition coefficient (Wildman–Crippen LogP) is 3.28. The molecular weight excluding hydrogens is 238 g/mol. The number of aromatic nitrogens is 1. The molecule has 0 atom stereocenters. The lowest BCUT2D eigenvalue weighted by atomic mass is 10.2. The molecule has 84 valence electrons. The van der Waals surface area contributed by atoms with Gasteiger partial charge in [0.2, 0.25) is 0 Å². The van der Waals surface area contributed by atoms with Crippen LogP contribution in [0.25, 0.3) is 10.6 Å². The summed E-state index contributed by atoms with van der Waals surface area (Å²) in [5.74, 6) is 0.965. The van der Waals surface area contributed by atoms with Gasteiger partial charge >= 0.3 is 0 Å². The highest BCUT2D eigenvalue weighted by molar-refractivity contribution is 7.99. The van der Waals surface area contributed by atoms with Crippen molar-refractivity contribution in [2.24, 2.45) is 0 Å². The number of thiazole rings is 1. The Bertz CT molecular complexity index is 411. The van der Waals surface area contributed by atoms with Crippen LogP contribution in [0, 0.1) is 0 Å². The van der Waals surface area contributed by atoms with Crippen LogP contribution in [0.5, 0.6) is 0 Å². The summed E-state index contributed by atoms with van der Waals surface area (Å²) in [5.41, 5.74) is 1.17. The molecule has 0 saturated heterocycles. The van der Waals surface area contributed by atoms with Gasteiger partial charge in [-0.05, 0) is 18.6 Å². The smallest absolute Gasteiger partial charge is 0.123 e. The molecule has 0 unspecified atom stereocenters. The van der Waals surface area contributed by atoms with Crippen molar-refractivity contribution in [3.63, 3.8) is 0 Å². The van der Waals surface area contributed by atoms with Crippen molar-refractivity contribution in [2.75, 3.05) is 12.4 Å². The number of hydrogen-bond donors (Lipinski definition) is 1. The highest BCUT2D eigenvalue weighted by atomic mass is 32.2. The van der Waals surface area contributed by atoms with Gasteiger partial charge in [0.15, 0.2) is 0 Å². The van der Waals surface area contributed by atoms with Gasteiger partial charge in [-0.15, -0.1) is 23.1 Å². The molecule has 0 fully saturated rings. The molecule has 0 aliphatic carbocycles. The molecule has 0 aliphatic rings. The molecule has 1 heterocycles. The normalized spacial score (nSPS) is 10.6. The Morgan fingerprint density at radius 1 is 1.25 bits per heavy atom. The molecule has 0 bridgehead atoms. The van der Waals surface area contributed by atoms with Crippen LogP contribution in [0.15, 0.2) is 40.7 Å². The summed E-state index contributed by atoms with van der Waals surface area (Å²) in [5, 5.41) is 11.7. The van der Waals surface area contributed by atoms with E-state index in [4.69, 9.17) is 5.11 Å². The standard InChI is InChI=1S/C12H13NOS2/c14-7-1-8-15-11-4-2-10(3-5-11)12-13-6-9-16-12/h2-6,9,14H,1,7-8H2. The lowest BCUT2D eigenvalue weighted by Crippen LogP contribution is -1.85. The molecule has 1 aromatic carbocycles. The van der Waals surface area contributed by atoms with E-state index >= 15 is 0 Å². The Hall–Kier alpha value is -0.840. The number of nitrogens with zero attached hydrogens (tertiary/aromatic N) is 1. The maximum absolute atomic E-state index is 8.69. The van der Waals surface area contributed by atoms with Crippen LogP contribution in [0.3, 0.4) is 0 Å². The molecule has 0 aliphatic heterocycles. The van der Waals surface area contributed by atoms with Crippen molar-refractivity contribution < 1.29 is 5.11 Å². The summed E-state index contributed by atoms with van der Waals surface area (Å²) in [6, 6.07) is 8.41. The molecule has 4 heteroatoms. The van der Waals surface area contributed by atoms with Gasteiger partial charge in [0.05, 0.1) is 0 Å². The zero-order valence-electron chi connectivity index (χ0n) is 8.80. The zero-order valence-corrected chi connectivity index (χ0v) is 10.4. The monoisotopic (exact) mass is 251 g/mol. The first-order chi connectivity index (χ1) is 7.90. The number of aliphatic hydroxyl groups excluding tert-OH is 1. The minimum absolute atomic E-state index is 0.268. The fraction of sp³-hybridized carbons (Fsp3) is 0.250. The van der Waals surface area contributed by atoms with Crippen molar-refractivity contribution in [1.82, 2.24) is 4.98 Å². The highest BCUT2D eigenvalue weighted by Crippen LogP contribution is 2.25. The van der Waals surface area contributed by atoms with E-state index in [9.17, 15) is 0 Å². The third kappa shape index (κ3) is 3.07. The largest absolute Gasteiger partial charge is 0.396 e. The molecule has 2 aromatic rings. The number of rotatable bonds is 5. The Labute approximate surface area is 103 Å². The van der Waals surface area contributed by atoms with Gasteiger partial charge in [-0.3, -0.25) is 0 Å². The van der Waals surface area contributed by atoms with Crippen molar-refractivity contribution in [3.8, 4) is 10.6 Å². The third-order valence-corrected chi connectivity index (χ3v) is 4.03. The van der Waals surface area contributed by atoms with E-state index in [-0.39, 0.29) is 6.61 Å². The van der Waals surface area contributed by atoms with E-state index in [1.165, 1.54) is 10.5 Å². The average molecular weight is 251 g/mol. The molecule has 1 aromatic heterocycles. The Balaban J connectivity index is 2.00. The predicted molar refractivity (Wildman–Crippen MR) is 70.0 cm³/mol. The highest BCUT2D eigenvalue weighted by Gasteiger charge is 2.00. The minimum atomic E-state index is 0.268. The van der Waals surface area contributed by atoms with Crippen LogP contribution < -0.4 is 0 Å². The van der Waals surface area contributed by atoms with Crippen molar-refractivity contribution in [2.45, 2.75) is 11.3 Å². The quantitative estimate of drug-likeness (QED) is 0.654. The maximum atomic E-state index is 8.69. The summed E-state index contributed by atoms with van der Waals surface area (Å²) < 4.78 is 0.